The van der Waals surface area contributed by atoms with Crippen LogP contribution in [0.4, 0.5) is 0 Å². The van der Waals surface area contributed by atoms with Crippen molar-refractivity contribution < 1.29 is 14.6 Å². The molecule has 1 aromatic carbocycles. The Morgan fingerprint density at radius 1 is 1.42 bits per heavy atom. The molecule has 5 heteroatoms. The maximum Gasteiger partial charge on any atom is 0.159 e. The van der Waals surface area contributed by atoms with E-state index in [1.54, 1.807) is 47.6 Å². The summed E-state index contributed by atoms with van der Waals surface area (Å²) in [7, 11) is 0. The average molecular weight is 260 g/mol. The summed E-state index contributed by atoms with van der Waals surface area (Å²) in [6, 6.07) is 6.86. The van der Waals surface area contributed by atoms with Crippen LogP contribution in [0.2, 0.25) is 0 Å². The summed E-state index contributed by atoms with van der Waals surface area (Å²) >= 11 is 0. The van der Waals surface area contributed by atoms with Crippen LogP contribution >= 0.6 is 0 Å². The van der Waals surface area contributed by atoms with Crippen LogP contribution in [0, 0.1) is 0 Å². The first kappa shape index (κ1) is 13.3. The van der Waals surface area contributed by atoms with Gasteiger partial charge in [0.15, 0.2) is 5.78 Å². The van der Waals surface area contributed by atoms with Gasteiger partial charge in [-0.15, -0.1) is 0 Å². The first-order chi connectivity index (χ1) is 9.15. The second-order valence-electron chi connectivity index (χ2n) is 4.30. The third kappa shape index (κ3) is 3.93. The summed E-state index contributed by atoms with van der Waals surface area (Å²) in [5.74, 6) is 0.654. The fraction of sp³-hybridized carbons (Fsp3) is 0.286. The number of rotatable bonds is 6. The van der Waals surface area contributed by atoms with Crippen molar-refractivity contribution in [3.05, 3.63) is 48.5 Å². The Bertz CT molecular complexity index is 520. The predicted molar refractivity (Wildman–Crippen MR) is 70.2 cm³/mol. The van der Waals surface area contributed by atoms with Crippen LogP contribution in [-0.2, 0) is 6.54 Å². The molecule has 1 atom stereocenters. The highest BCUT2D eigenvalue weighted by Gasteiger charge is 2.06. The number of hydrogen-bond acceptors (Lipinski definition) is 4. The van der Waals surface area contributed by atoms with Crippen LogP contribution in [0.3, 0.4) is 0 Å². The van der Waals surface area contributed by atoms with E-state index in [-0.39, 0.29) is 12.4 Å². The smallest absolute Gasteiger partial charge is 0.159 e. The van der Waals surface area contributed by atoms with Crippen LogP contribution in [0.1, 0.15) is 17.3 Å². The van der Waals surface area contributed by atoms with E-state index in [1.807, 2.05) is 0 Å². The molecule has 0 aliphatic rings. The number of benzene rings is 1. The largest absolute Gasteiger partial charge is 0.491 e. The molecular weight excluding hydrogens is 244 g/mol. The summed E-state index contributed by atoms with van der Waals surface area (Å²) < 4.78 is 7.24. The van der Waals surface area contributed by atoms with Crippen molar-refractivity contribution in [1.82, 2.24) is 9.55 Å². The number of aliphatic hydroxyl groups is 1. The van der Waals surface area contributed by atoms with Gasteiger partial charge in [0.25, 0.3) is 0 Å². The maximum atomic E-state index is 11.1. The zero-order valence-corrected chi connectivity index (χ0v) is 10.7. The van der Waals surface area contributed by atoms with Crippen LogP contribution in [0.25, 0.3) is 0 Å². The van der Waals surface area contributed by atoms with E-state index < -0.39 is 6.10 Å². The number of carbonyl (C=O) groups excluding carboxylic acids is 1. The molecule has 1 unspecified atom stereocenters. The quantitative estimate of drug-likeness (QED) is 0.800. The molecule has 0 fully saturated rings. The summed E-state index contributed by atoms with van der Waals surface area (Å²) in [5.41, 5.74) is 0.645. The van der Waals surface area contributed by atoms with Gasteiger partial charge < -0.3 is 14.4 Å². The Labute approximate surface area is 111 Å². The van der Waals surface area contributed by atoms with Crippen LogP contribution in [0.15, 0.2) is 43.0 Å². The van der Waals surface area contributed by atoms with Crippen molar-refractivity contribution in [1.29, 1.82) is 0 Å². The molecule has 1 heterocycles. The first-order valence-electron chi connectivity index (χ1n) is 6.03. The topological polar surface area (TPSA) is 64.3 Å². The van der Waals surface area contributed by atoms with E-state index in [4.69, 9.17) is 4.74 Å². The molecule has 2 aromatic rings. The van der Waals surface area contributed by atoms with E-state index in [9.17, 15) is 9.90 Å². The Morgan fingerprint density at radius 2 is 2.16 bits per heavy atom. The fourth-order valence-electron chi connectivity index (χ4n) is 1.67. The summed E-state index contributed by atoms with van der Waals surface area (Å²) in [5, 5.41) is 9.80. The number of aromatic nitrogens is 2. The Hall–Kier alpha value is -2.14. The van der Waals surface area contributed by atoms with Gasteiger partial charge in [0, 0.05) is 18.0 Å². The van der Waals surface area contributed by atoms with Gasteiger partial charge in [-0.3, -0.25) is 4.79 Å². The molecule has 0 radical (unpaired) electrons. The van der Waals surface area contributed by atoms with Gasteiger partial charge >= 0.3 is 0 Å². The van der Waals surface area contributed by atoms with Gasteiger partial charge in [0.05, 0.1) is 12.9 Å². The molecular formula is C14H16N2O3. The number of ether oxygens (including phenoxy) is 1. The molecule has 2 rings (SSSR count). The minimum absolute atomic E-state index is 0.0201. The zero-order valence-electron chi connectivity index (χ0n) is 10.7. The lowest BCUT2D eigenvalue weighted by molar-refractivity contribution is 0.0923. The molecule has 0 aliphatic heterocycles. The highest BCUT2D eigenvalue weighted by molar-refractivity contribution is 5.94. The van der Waals surface area contributed by atoms with E-state index in [1.165, 1.54) is 6.92 Å². The van der Waals surface area contributed by atoms with Gasteiger partial charge in [-0.25, -0.2) is 4.98 Å². The molecule has 0 aliphatic carbocycles. The van der Waals surface area contributed by atoms with Gasteiger partial charge in [-0.05, 0) is 31.2 Å². The minimum atomic E-state index is -0.610. The molecule has 100 valence electrons. The molecule has 0 amide bonds. The number of carbonyl (C=O) groups is 1. The third-order valence-corrected chi connectivity index (χ3v) is 2.68. The van der Waals surface area contributed by atoms with E-state index in [0.29, 0.717) is 17.9 Å². The predicted octanol–water partition coefficient (Wildman–Crippen LogP) is 1.53. The van der Waals surface area contributed by atoms with Gasteiger partial charge in [-0.1, -0.05) is 0 Å². The molecule has 0 saturated carbocycles. The molecule has 0 saturated heterocycles. The number of nitrogens with zero attached hydrogens (tertiary/aromatic N) is 2. The van der Waals surface area contributed by atoms with Crippen molar-refractivity contribution >= 4 is 5.78 Å². The molecule has 5 nitrogen and oxygen atoms in total. The zero-order chi connectivity index (χ0) is 13.7. The molecule has 0 spiro atoms. The summed E-state index contributed by atoms with van der Waals surface area (Å²) in [6.07, 6.45) is 4.48. The normalized spacial score (nSPS) is 12.1. The van der Waals surface area contributed by atoms with Gasteiger partial charge in [0.2, 0.25) is 0 Å². The van der Waals surface area contributed by atoms with E-state index >= 15 is 0 Å². The van der Waals surface area contributed by atoms with Crippen LogP contribution < -0.4 is 4.74 Å². The first-order valence-corrected chi connectivity index (χ1v) is 6.03. The Balaban J connectivity index is 1.83. The number of Topliss-reactive ketones (excluding diaryl/α,β-unsaturated/α-hetero) is 1. The average Bonchev–Trinajstić information content (AvgIpc) is 2.89. The SMILES string of the molecule is CC(=O)c1ccc(OCC(O)Cn2ccnc2)cc1. The standard InChI is InChI=1S/C14H16N2O3/c1-11(17)12-2-4-14(5-3-12)19-9-13(18)8-16-7-6-15-10-16/h2-7,10,13,18H,8-9H2,1H3. The fourth-order valence-corrected chi connectivity index (χ4v) is 1.67. The molecule has 19 heavy (non-hydrogen) atoms. The van der Waals surface area contributed by atoms with E-state index in [2.05, 4.69) is 4.98 Å². The molecule has 1 aromatic heterocycles. The van der Waals surface area contributed by atoms with Crippen molar-refractivity contribution in [3.8, 4) is 5.75 Å². The lowest BCUT2D eigenvalue weighted by Gasteiger charge is -2.13. The Kier molecular flexibility index (Phi) is 4.30. The third-order valence-electron chi connectivity index (χ3n) is 2.68. The number of hydrogen-bond donors (Lipinski definition) is 1. The number of imidazole rings is 1. The monoisotopic (exact) mass is 260 g/mol. The highest BCUT2D eigenvalue weighted by atomic mass is 16.5. The lowest BCUT2D eigenvalue weighted by Crippen LogP contribution is -2.22. The summed E-state index contributed by atoms with van der Waals surface area (Å²) in [4.78, 5) is 15.0. The van der Waals surface area contributed by atoms with Crippen LogP contribution in [0.5, 0.6) is 5.75 Å². The lowest BCUT2D eigenvalue weighted by atomic mass is 10.1. The van der Waals surface area contributed by atoms with Crippen molar-refractivity contribution in [2.45, 2.75) is 19.6 Å². The minimum Gasteiger partial charge on any atom is -0.491 e. The van der Waals surface area contributed by atoms with Crippen molar-refractivity contribution in [2.24, 2.45) is 0 Å². The Morgan fingerprint density at radius 3 is 2.74 bits per heavy atom. The number of aliphatic hydroxyl groups excluding tert-OH is 1. The second kappa shape index (κ2) is 6.15. The van der Waals surface area contributed by atoms with Crippen molar-refractivity contribution in [3.63, 3.8) is 0 Å². The van der Waals surface area contributed by atoms with E-state index in [0.717, 1.165) is 0 Å². The molecule has 0 bridgehead atoms. The molecule has 1 N–H and O–H groups in total. The van der Waals surface area contributed by atoms with Crippen LogP contribution in [-0.4, -0.2) is 33.2 Å². The van der Waals surface area contributed by atoms with Gasteiger partial charge in [0.1, 0.15) is 18.5 Å². The van der Waals surface area contributed by atoms with Crippen molar-refractivity contribution in [2.75, 3.05) is 6.61 Å². The number of ketones is 1. The second-order valence-corrected chi connectivity index (χ2v) is 4.30. The van der Waals surface area contributed by atoms with Gasteiger partial charge in [-0.2, -0.15) is 0 Å². The highest BCUT2D eigenvalue weighted by Crippen LogP contribution is 2.13. The summed E-state index contributed by atoms with van der Waals surface area (Å²) in [6.45, 7) is 2.15. The maximum absolute atomic E-state index is 11.1.